The first-order chi connectivity index (χ1) is 8.60. The van der Waals surface area contributed by atoms with Crippen LogP contribution in [0.2, 0.25) is 0 Å². The number of carbonyl (C=O) groups is 1. The molecule has 2 aliphatic rings. The predicted molar refractivity (Wildman–Crippen MR) is 73.2 cm³/mol. The molecule has 0 aromatic heterocycles. The van der Waals surface area contributed by atoms with E-state index in [9.17, 15) is 4.79 Å². The van der Waals surface area contributed by atoms with Crippen molar-refractivity contribution in [1.82, 2.24) is 9.80 Å². The smallest absolute Gasteiger partial charge is 0.235 e. The Hall–Kier alpha value is -0.720. The molecule has 0 unspecified atom stereocenters. The number of nitrogens with two attached hydrogens (primary N) is 1. The number of hydrogen-bond acceptors (Lipinski definition) is 4. The molecule has 6 heteroatoms. The molecule has 0 atom stereocenters. The molecule has 1 amide bonds. The second-order valence-electron chi connectivity index (χ2n) is 5.16. The zero-order valence-corrected chi connectivity index (χ0v) is 11.4. The Morgan fingerprint density at radius 2 is 2.00 bits per heavy atom. The zero-order chi connectivity index (χ0) is 13.2. The van der Waals surface area contributed by atoms with E-state index >= 15 is 0 Å². The lowest BCUT2D eigenvalue weighted by Gasteiger charge is -2.25. The first-order valence-electron chi connectivity index (χ1n) is 6.53. The monoisotopic (exact) mass is 271 g/mol. The topological polar surface area (TPSA) is 69.8 Å². The van der Waals surface area contributed by atoms with E-state index in [1.54, 1.807) is 0 Å². The molecule has 0 aromatic rings. The number of carbonyl (C=O) groups excluding carboxylic acids is 1. The van der Waals surface area contributed by atoms with E-state index < -0.39 is 5.41 Å². The van der Waals surface area contributed by atoms with Crippen molar-refractivity contribution in [1.29, 1.82) is 0 Å². The predicted octanol–water partition coefficient (Wildman–Crippen LogP) is -0.421. The third-order valence-corrected chi connectivity index (χ3v) is 4.31. The van der Waals surface area contributed by atoms with Gasteiger partial charge in [0.1, 0.15) is 0 Å². The van der Waals surface area contributed by atoms with Gasteiger partial charge >= 0.3 is 0 Å². The normalized spacial score (nSPS) is 23.5. The third kappa shape index (κ3) is 2.65. The molecule has 0 spiro atoms. The fourth-order valence-corrected chi connectivity index (χ4v) is 2.82. The van der Waals surface area contributed by atoms with Crippen LogP contribution in [0.5, 0.6) is 0 Å². The molecule has 5 nitrogen and oxygen atoms in total. The van der Waals surface area contributed by atoms with Crippen molar-refractivity contribution < 1.29 is 9.90 Å². The van der Waals surface area contributed by atoms with Gasteiger partial charge in [-0.25, -0.2) is 0 Å². The molecule has 0 aromatic carbocycles. The number of amides is 1. The van der Waals surface area contributed by atoms with Crippen molar-refractivity contribution in [2.75, 3.05) is 39.3 Å². The molecule has 0 bridgehead atoms. The summed E-state index contributed by atoms with van der Waals surface area (Å²) in [6.07, 6.45) is 2.55. The highest BCUT2D eigenvalue weighted by Gasteiger charge is 2.54. The van der Waals surface area contributed by atoms with Crippen LogP contribution < -0.4 is 5.73 Å². The molecule has 2 fully saturated rings. The molecule has 102 valence electrons. The van der Waals surface area contributed by atoms with Crippen molar-refractivity contribution in [3.63, 3.8) is 0 Å². The summed E-state index contributed by atoms with van der Waals surface area (Å²) in [5, 5.41) is 8.94. The largest absolute Gasteiger partial charge is 0.395 e. The van der Waals surface area contributed by atoms with Gasteiger partial charge in [-0.3, -0.25) is 9.69 Å². The van der Waals surface area contributed by atoms with E-state index in [4.69, 9.17) is 23.1 Å². The van der Waals surface area contributed by atoms with E-state index in [1.807, 2.05) is 4.90 Å². The minimum absolute atomic E-state index is 0.112. The number of aliphatic hydroxyl groups is 1. The van der Waals surface area contributed by atoms with Crippen molar-refractivity contribution in [2.45, 2.75) is 19.3 Å². The number of thiocarbonyl (C=S) groups is 1. The van der Waals surface area contributed by atoms with Crippen molar-refractivity contribution in [2.24, 2.45) is 11.1 Å². The van der Waals surface area contributed by atoms with Gasteiger partial charge in [0.2, 0.25) is 5.91 Å². The van der Waals surface area contributed by atoms with Crippen LogP contribution in [0, 0.1) is 5.41 Å². The Bertz CT molecular complexity index is 344. The van der Waals surface area contributed by atoms with Gasteiger partial charge in [-0.05, 0) is 25.8 Å². The van der Waals surface area contributed by atoms with Crippen molar-refractivity contribution >= 4 is 23.1 Å². The van der Waals surface area contributed by atoms with Gasteiger partial charge in [-0.1, -0.05) is 12.2 Å². The van der Waals surface area contributed by atoms with Gasteiger partial charge < -0.3 is 15.7 Å². The summed E-state index contributed by atoms with van der Waals surface area (Å²) in [4.78, 5) is 16.9. The van der Waals surface area contributed by atoms with E-state index in [0.29, 0.717) is 18.1 Å². The van der Waals surface area contributed by atoms with Crippen LogP contribution >= 0.6 is 12.2 Å². The molecule has 1 saturated carbocycles. The van der Waals surface area contributed by atoms with Gasteiger partial charge in [0.25, 0.3) is 0 Å². The number of nitrogens with zero attached hydrogens (tertiary/aromatic N) is 2. The molecular formula is C12H21N3O2S. The highest BCUT2D eigenvalue weighted by Crippen LogP contribution is 2.47. The van der Waals surface area contributed by atoms with Crippen molar-refractivity contribution in [3.8, 4) is 0 Å². The summed E-state index contributed by atoms with van der Waals surface area (Å²) in [6.45, 7) is 4.09. The van der Waals surface area contributed by atoms with Crippen LogP contribution in [0.1, 0.15) is 19.3 Å². The Labute approximate surface area is 113 Å². The molecule has 1 aliphatic heterocycles. The van der Waals surface area contributed by atoms with Gasteiger partial charge in [0.15, 0.2) is 0 Å². The van der Waals surface area contributed by atoms with Gasteiger partial charge in [-0.2, -0.15) is 0 Å². The number of aliphatic hydroxyl groups excluding tert-OH is 1. The first kappa shape index (κ1) is 13.7. The highest BCUT2D eigenvalue weighted by molar-refractivity contribution is 7.80. The number of hydrogen-bond donors (Lipinski definition) is 2. The van der Waals surface area contributed by atoms with E-state index in [-0.39, 0.29) is 12.5 Å². The maximum atomic E-state index is 12.4. The van der Waals surface area contributed by atoms with E-state index in [1.165, 1.54) is 0 Å². The average molecular weight is 271 g/mol. The Morgan fingerprint density at radius 1 is 1.28 bits per heavy atom. The molecule has 1 aliphatic carbocycles. The van der Waals surface area contributed by atoms with Crippen LogP contribution in [0.25, 0.3) is 0 Å². The number of β-amino-alcohol motifs (C(OH)–C–C–N with tert-alkyl or cyclic N) is 1. The molecule has 3 N–H and O–H groups in total. The Balaban J connectivity index is 1.94. The van der Waals surface area contributed by atoms with Crippen LogP contribution in [0.4, 0.5) is 0 Å². The van der Waals surface area contributed by atoms with Crippen LogP contribution in [-0.4, -0.2) is 65.1 Å². The fourth-order valence-electron chi connectivity index (χ4n) is 2.53. The summed E-state index contributed by atoms with van der Waals surface area (Å²) in [5.41, 5.74) is 5.17. The van der Waals surface area contributed by atoms with Crippen molar-refractivity contribution in [3.05, 3.63) is 0 Å². The maximum Gasteiger partial charge on any atom is 0.235 e. The second-order valence-corrected chi connectivity index (χ2v) is 5.60. The fraction of sp³-hybridized carbons (Fsp3) is 0.833. The summed E-state index contributed by atoms with van der Waals surface area (Å²) < 4.78 is 0. The van der Waals surface area contributed by atoms with Crippen LogP contribution in [0.3, 0.4) is 0 Å². The van der Waals surface area contributed by atoms with E-state index in [2.05, 4.69) is 4.90 Å². The average Bonchev–Trinajstić information content (AvgIpc) is 3.14. The Morgan fingerprint density at radius 3 is 2.56 bits per heavy atom. The quantitative estimate of drug-likeness (QED) is 0.680. The first-order valence-corrected chi connectivity index (χ1v) is 6.93. The van der Waals surface area contributed by atoms with Crippen LogP contribution in [0.15, 0.2) is 0 Å². The molecule has 18 heavy (non-hydrogen) atoms. The lowest BCUT2D eigenvalue weighted by molar-refractivity contribution is -0.134. The third-order valence-electron chi connectivity index (χ3n) is 3.92. The summed E-state index contributed by atoms with van der Waals surface area (Å²) in [5.74, 6) is 0.112. The molecular weight excluding hydrogens is 250 g/mol. The van der Waals surface area contributed by atoms with Gasteiger partial charge in [-0.15, -0.1) is 0 Å². The van der Waals surface area contributed by atoms with Gasteiger partial charge in [0.05, 0.1) is 17.0 Å². The Kier molecular flexibility index (Phi) is 4.19. The van der Waals surface area contributed by atoms with Gasteiger partial charge in [0, 0.05) is 26.2 Å². The lowest BCUT2D eigenvalue weighted by atomic mass is 10.1. The summed E-state index contributed by atoms with van der Waals surface area (Å²) in [7, 11) is 0. The maximum absolute atomic E-state index is 12.4. The standard InChI is InChI=1S/C12H21N3O2S/c13-10(18)12(2-3-12)11(17)15-5-1-4-14(6-7-15)8-9-16/h16H,1-9H2,(H2,13,18). The molecule has 2 rings (SSSR count). The SMILES string of the molecule is NC(=S)C1(C(=O)N2CCCN(CCO)CC2)CC1. The number of rotatable bonds is 4. The molecule has 1 heterocycles. The zero-order valence-electron chi connectivity index (χ0n) is 10.6. The minimum atomic E-state index is -0.526. The van der Waals surface area contributed by atoms with E-state index in [0.717, 1.165) is 38.9 Å². The second kappa shape index (κ2) is 5.50. The van der Waals surface area contributed by atoms with Crippen LogP contribution in [-0.2, 0) is 4.79 Å². The molecule has 0 radical (unpaired) electrons. The molecule has 1 saturated heterocycles. The minimum Gasteiger partial charge on any atom is -0.395 e. The highest BCUT2D eigenvalue weighted by atomic mass is 32.1. The lowest BCUT2D eigenvalue weighted by Crippen LogP contribution is -2.44. The summed E-state index contributed by atoms with van der Waals surface area (Å²) in [6, 6.07) is 0. The summed E-state index contributed by atoms with van der Waals surface area (Å²) >= 11 is 5.03.